The lowest BCUT2D eigenvalue weighted by Gasteiger charge is -2.42. The minimum atomic E-state index is -0.584. The van der Waals surface area contributed by atoms with Crippen molar-refractivity contribution in [3.05, 3.63) is 0 Å². The van der Waals surface area contributed by atoms with Crippen molar-refractivity contribution >= 4 is 18.0 Å². The van der Waals surface area contributed by atoms with Gasteiger partial charge in [-0.1, -0.05) is 0 Å². The van der Waals surface area contributed by atoms with Crippen LogP contribution in [0.25, 0.3) is 0 Å². The molecular formula is C20H34N2O6. The number of hydrogen-bond acceptors (Lipinski definition) is 6. The highest BCUT2D eigenvalue weighted by Crippen LogP contribution is 2.39. The number of ether oxygens (including phenoxy) is 3. The Morgan fingerprint density at radius 2 is 1.82 bits per heavy atom. The minimum Gasteiger partial charge on any atom is -0.466 e. The molecule has 2 saturated heterocycles. The highest BCUT2D eigenvalue weighted by atomic mass is 16.5. The summed E-state index contributed by atoms with van der Waals surface area (Å²) < 4.78 is 16.1. The molecule has 1 atom stereocenters. The molecule has 0 radical (unpaired) electrons. The van der Waals surface area contributed by atoms with Crippen LogP contribution in [-0.4, -0.2) is 68.4 Å². The molecule has 2 fully saturated rings. The average Bonchev–Trinajstić information content (AvgIpc) is 2.69. The van der Waals surface area contributed by atoms with Gasteiger partial charge in [-0.15, -0.1) is 0 Å². The molecular weight excluding hydrogens is 364 g/mol. The highest BCUT2D eigenvalue weighted by Gasteiger charge is 2.45. The molecule has 28 heavy (non-hydrogen) atoms. The Kier molecular flexibility index (Phi) is 9.02. The molecule has 1 N–H and O–H groups in total. The van der Waals surface area contributed by atoms with Crippen molar-refractivity contribution in [1.29, 1.82) is 0 Å². The lowest BCUT2D eigenvalue weighted by molar-refractivity contribution is -0.162. The molecule has 0 aliphatic carbocycles. The maximum atomic E-state index is 12.7. The SMILES string of the molecule is CCOC(=O)CCNC(=O)N1CCC(C[C@H]2CCCCO2)(C(=O)OCC)CC1. The number of nitrogens with zero attached hydrogens (tertiary/aromatic N) is 1. The van der Waals surface area contributed by atoms with E-state index in [1.807, 2.05) is 6.92 Å². The van der Waals surface area contributed by atoms with E-state index in [-0.39, 0.29) is 37.0 Å². The third-order valence-electron chi connectivity index (χ3n) is 5.52. The third-order valence-corrected chi connectivity index (χ3v) is 5.52. The highest BCUT2D eigenvalue weighted by molar-refractivity contribution is 5.79. The standard InChI is InChI=1S/C20H34N2O6/c1-3-26-17(23)8-11-21-19(25)22-12-9-20(10-13-22,18(24)27-4-2)15-16-7-5-6-14-28-16/h16H,3-15H2,1-2H3,(H,21,25)/t16-/m1/s1. The van der Waals surface area contributed by atoms with Gasteiger partial charge in [-0.2, -0.15) is 0 Å². The van der Waals surface area contributed by atoms with Crippen LogP contribution < -0.4 is 5.32 Å². The lowest BCUT2D eigenvalue weighted by atomic mass is 9.73. The summed E-state index contributed by atoms with van der Waals surface area (Å²) in [5.74, 6) is -0.498. The van der Waals surface area contributed by atoms with E-state index in [9.17, 15) is 14.4 Å². The average molecular weight is 399 g/mol. The summed E-state index contributed by atoms with van der Waals surface area (Å²) in [6, 6.07) is -0.212. The van der Waals surface area contributed by atoms with Crippen LogP contribution in [0.2, 0.25) is 0 Å². The molecule has 2 heterocycles. The van der Waals surface area contributed by atoms with Crippen molar-refractivity contribution in [2.75, 3.05) is 39.5 Å². The van der Waals surface area contributed by atoms with Crippen molar-refractivity contribution in [3.8, 4) is 0 Å². The first-order chi connectivity index (χ1) is 13.5. The second-order valence-corrected chi connectivity index (χ2v) is 7.47. The van der Waals surface area contributed by atoms with E-state index in [0.717, 1.165) is 25.9 Å². The van der Waals surface area contributed by atoms with Crippen LogP contribution in [0.4, 0.5) is 4.79 Å². The van der Waals surface area contributed by atoms with Gasteiger partial charge in [-0.05, 0) is 52.4 Å². The predicted molar refractivity (Wildman–Crippen MR) is 103 cm³/mol. The fourth-order valence-electron chi connectivity index (χ4n) is 3.93. The number of esters is 2. The van der Waals surface area contributed by atoms with E-state index < -0.39 is 5.41 Å². The quantitative estimate of drug-likeness (QED) is 0.630. The van der Waals surface area contributed by atoms with E-state index in [0.29, 0.717) is 45.6 Å². The van der Waals surface area contributed by atoms with Crippen molar-refractivity contribution in [1.82, 2.24) is 10.2 Å². The molecule has 2 rings (SSSR count). The van der Waals surface area contributed by atoms with Crippen LogP contribution in [0, 0.1) is 5.41 Å². The van der Waals surface area contributed by atoms with Crippen molar-refractivity contribution in [2.45, 2.75) is 64.9 Å². The molecule has 0 saturated carbocycles. The number of nitrogens with one attached hydrogen (secondary N) is 1. The van der Waals surface area contributed by atoms with Gasteiger partial charge in [0.05, 0.1) is 31.2 Å². The van der Waals surface area contributed by atoms with Gasteiger partial charge in [0.2, 0.25) is 0 Å². The third kappa shape index (κ3) is 6.36. The number of piperidine rings is 1. The molecule has 0 unspecified atom stereocenters. The molecule has 160 valence electrons. The van der Waals surface area contributed by atoms with Crippen molar-refractivity contribution in [3.63, 3.8) is 0 Å². The Labute approximate surface area is 167 Å². The Morgan fingerprint density at radius 1 is 1.11 bits per heavy atom. The van der Waals surface area contributed by atoms with Crippen LogP contribution in [0.15, 0.2) is 0 Å². The zero-order chi connectivity index (χ0) is 20.4. The molecule has 8 nitrogen and oxygen atoms in total. The minimum absolute atomic E-state index is 0.0862. The summed E-state index contributed by atoms with van der Waals surface area (Å²) in [4.78, 5) is 38.1. The summed E-state index contributed by atoms with van der Waals surface area (Å²) >= 11 is 0. The van der Waals surface area contributed by atoms with Crippen LogP contribution >= 0.6 is 0 Å². The molecule has 0 bridgehead atoms. The maximum Gasteiger partial charge on any atom is 0.317 e. The topological polar surface area (TPSA) is 94.2 Å². The van der Waals surface area contributed by atoms with Gasteiger partial charge < -0.3 is 24.4 Å². The first-order valence-electron chi connectivity index (χ1n) is 10.5. The molecule has 0 aromatic carbocycles. The molecule has 0 aromatic rings. The monoisotopic (exact) mass is 398 g/mol. The van der Waals surface area contributed by atoms with Crippen LogP contribution in [0.5, 0.6) is 0 Å². The van der Waals surface area contributed by atoms with Gasteiger partial charge in [0.15, 0.2) is 0 Å². The van der Waals surface area contributed by atoms with Crippen molar-refractivity contribution < 1.29 is 28.6 Å². The molecule has 2 amide bonds. The smallest absolute Gasteiger partial charge is 0.317 e. The Balaban J connectivity index is 1.87. The molecule has 2 aliphatic heterocycles. The van der Waals surface area contributed by atoms with E-state index in [2.05, 4.69) is 5.32 Å². The summed E-state index contributed by atoms with van der Waals surface area (Å²) in [7, 11) is 0. The van der Waals surface area contributed by atoms with Gasteiger partial charge in [-0.25, -0.2) is 4.79 Å². The second-order valence-electron chi connectivity index (χ2n) is 7.47. The Bertz CT molecular complexity index is 525. The van der Waals surface area contributed by atoms with Gasteiger partial charge in [0, 0.05) is 26.2 Å². The Hall–Kier alpha value is -1.83. The van der Waals surface area contributed by atoms with Gasteiger partial charge >= 0.3 is 18.0 Å². The van der Waals surface area contributed by atoms with E-state index >= 15 is 0 Å². The Morgan fingerprint density at radius 3 is 2.43 bits per heavy atom. The first kappa shape index (κ1) is 22.5. The summed E-state index contributed by atoms with van der Waals surface area (Å²) in [6.45, 7) is 6.20. The zero-order valence-corrected chi connectivity index (χ0v) is 17.2. The molecule has 2 aliphatic rings. The van der Waals surface area contributed by atoms with Crippen molar-refractivity contribution in [2.24, 2.45) is 5.41 Å². The normalized spacial score (nSPS) is 21.6. The zero-order valence-electron chi connectivity index (χ0n) is 17.2. The van der Waals surface area contributed by atoms with Gasteiger partial charge in [0.25, 0.3) is 0 Å². The number of rotatable bonds is 8. The number of hydrogen-bond donors (Lipinski definition) is 1. The van der Waals surface area contributed by atoms with E-state index in [1.165, 1.54) is 0 Å². The van der Waals surface area contributed by atoms with Crippen LogP contribution in [0.1, 0.15) is 58.8 Å². The lowest BCUT2D eigenvalue weighted by Crippen LogP contribution is -2.51. The van der Waals surface area contributed by atoms with Crippen LogP contribution in [0.3, 0.4) is 0 Å². The summed E-state index contributed by atoms with van der Waals surface area (Å²) in [5, 5.41) is 2.75. The fraction of sp³-hybridized carbons (Fsp3) is 0.850. The largest absolute Gasteiger partial charge is 0.466 e. The first-order valence-corrected chi connectivity index (χ1v) is 10.5. The number of carbonyl (C=O) groups is 3. The number of urea groups is 1. The van der Waals surface area contributed by atoms with Gasteiger partial charge in [0.1, 0.15) is 0 Å². The van der Waals surface area contributed by atoms with Gasteiger partial charge in [-0.3, -0.25) is 9.59 Å². The predicted octanol–water partition coefficient (Wildman–Crippen LogP) is 2.25. The number of likely N-dealkylation sites (tertiary alicyclic amines) is 1. The fourth-order valence-corrected chi connectivity index (χ4v) is 3.93. The molecule has 8 heteroatoms. The van der Waals surface area contributed by atoms with Crippen LogP contribution in [-0.2, 0) is 23.8 Å². The second kappa shape index (κ2) is 11.2. The molecule has 0 spiro atoms. The number of carbonyl (C=O) groups excluding carboxylic acids is 3. The summed E-state index contributed by atoms with van der Waals surface area (Å²) in [6.07, 6.45) is 5.20. The maximum absolute atomic E-state index is 12.7. The van der Waals surface area contributed by atoms with E-state index in [1.54, 1.807) is 11.8 Å². The molecule has 0 aromatic heterocycles. The summed E-state index contributed by atoms with van der Waals surface area (Å²) in [5.41, 5.74) is -0.584. The van der Waals surface area contributed by atoms with E-state index in [4.69, 9.17) is 14.2 Å². The number of amides is 2.